The highest BCUT2D eigenvalue weighted by atomic mass is 32.1. The van der Waals surface area contributed by atoms with Crippen molar-refractivity contribution < 1.29 is 5.11 Å². The Kier molecular flexibility index (Phi) is 2.57. The topological polar surface area (TPSA) is 33.1 Å². The van der Waals surface area contributed by atoms with Crippen molar-refractivity contribution in [3.05, 3.63) is 29.3 Å². The highest BCUT2D eigenvalue weighted by Crippen LogP contribution is 2.22. The molecule has 0 spiro atoms. The van der Waals surface area contributed by atoms with Crippen LogP contribution >= 0.6 is 11.3 Å². The van der Waals surface area contributed by atoms with Crippen LogP contribution in [0.4, 0.5) is 0 Å². The number of hydrogen-bond donors (Lipinski definition) is 1. The summed E-state index contributed by atoms with van der Waals surface area (Å²) in [5, 5.41) is 9.80. The van der Waals surface area contributed by atoms with E-state index in [1.165, 1.54) is 4.70 Å². The molecule has 3 heteroatoms. The van der Waals surface area contributed by atoms with Crippen molar-refractivity contribution in [1.29, 1.82) is 0 Å². The lowest BCUT2D eigenvalue weighted by Crippen LogP contribution is -1.87. The van der Waals surface area contributed by atoms with E-state index >= 15 is 0 Å². The Bertz CT molecular complexity index is 363. The van der Waals surface area contributed by atoms with Crippen LogP contribution in [-0.4, -0.2) is 16.7 Å². The number of aliphatic hydroxyl groups excluding tert-OH is 1. The van der Waals surface area contributed by atoms with Gasteiger partial charge >= 0.3 is 0 Å². The van der Waals surface area contributed by atoms with Gasteiger partial charge in [-0.2, -0.15) is 0 Å². The molecule has 0 aliphatic rings. The maximum Gasteiger partial charge on any atom is 0.0939 e. The molecular formula is C10H11NOS. The first kappa shape index (κ1) is 8.66. The standard InChI is InChI=1S/C10H11NOS/c12-7-3-6-10-11-8-4-1-2-5-9(8)13-10/h1-2,4-5,12H,3,6-7H2. The van der Waals surface area contributed by atoms with Crippen molar-refractivity contribution in [2.24, 2.45) is 0 Å². The predicted molar refractivity (Wildman–Crippen MR) is 55.0 cm³/mol. The van der Waals surface area contributed by atoms with E-state index in [0.29, 0.717) is 0 Å². The monoisotopic (exact) mass is 193 g/mol. The molecule has 1 aromatic heterocycles. The Balaban J connectivity index is 2.28. The smallest absolute Gasteiger partial charge is 0.0939 e. The quantitative estimate of drug-likeness (QED) is 0.810. The normalized spacial score (nSPS) is 10.8. The minimum absolute atomic E-state index is 0.246. The fourth-order valence-corrected chi connectivity index (χ4v) is 2.27. The molecule has 0 aliphatic carbocycles. The highest BCUT2D eigenvalue weighted by Gasteiger charge is 2.01. The SMILES string of the molecule is OCCCc1nc2ccccc2s1. The average Bonchev–Trinajstić information content (AvgIpc) is 2.57. The average molecular weight is 193 g/mol. The third-order valence-electron chi connectivity index (χ3n) is 1.89. The van der Waals surface area contributed by atoms with Gasteiger partial charge in [-0.05, 0) is 18.6 Å². The molecule has 0 atom stereocenters. The summed E-state index contributed by atoms with van der Waals surface area (Å²) in [6, 6.07) is 8.12. The van der Waals surface area contributed by atoms with E-state index in [9.17, 15) is 0 Å². The van der Waals surface area contributed by atoms with Gasteiger partial charge in [-0.15, -0.1) is 11.3 Å². The second-order valence-corrected chi connectivity index (χ2v) is 4.02. The molecule has 13 heavy (non-hydrogen) atoms. The first-order valence-electron chi connectivity index (χ1n) is 4.35. The van der Waals surface area contributed by atoms with E-state index < -0.39 is 0 Å². The summed E-state index contributed by atoms with van der Waals surface area (Å²) in [6.45, 7) is 0.246. The molecule has 0 unspecified atom stereocenters. The number of para-hydroxylation sites is 1. The molecule has 2 nitrogen and oxygen atoms in total. The van der Waals surface area contributed by atoms with Gasteiger partial charge in [0.25, 0.3) is 0 Å². The van der Waals surface area contributed by atoms with E-state index in [4.69, 9.17) is 5.11 Å². The Morgan fingerprint density at radius 1 is 1.31 bits per heavy atom. The van der Waals surface area contributed by atoms with E-state index in [1.807, 2.05) is 18.2 Å². The van der Waals surface area contributed by atoms with Crippen molar-refractivity contribution in [1.82, 2.24) is 4.98 Å². The number of thiazole rings is 1. The molecule has 0 amide bonds. The fraction of sp³-hybridized carbons (Fsp3) is 0.300. The zero-order chi connectivity index (χ0) is 9.10. The fourth-order valence-electron chi connectivity index (χ4n) is 1.26. The number of rotatable bonds is 3. The summed E-state index contributed by atoms with van der Waals surface area (Å²) in [5.74, 6) is 0. The maximum atomic E-state index is 8.68. The third-order valence-corrected chi connectivity index (χ3v) is 2.98. The van der Waals surface area contributed by atoms with Gasteiger partial charge in [-0.1, -0.05) is 12.1 Å². The molecule has 0 saturated heterocycles. The third kappa shape index (κ3) is 1.87. The summed E-state index contributed by atoms with van der Waals surface area (Å²) < 4.78 is 1.23. The number of hydrogen-bond acceptors (Lipinski definition) is 3. The molecule has 1 heterocycles. The van der Waals surface area contributed by atoms with Crippen molar-refractivity contribution in [2.75, 3.05) is 6.61 Å². The number of benzene rings is 1. The maximum absolute atomic E-state index is 8.68. The van der Waals surface area contributed by atoms with Gasteiger partial charge in [0, 0.05) is 13.0 Å². The van der Waals surface area contributed by atoms with Gasteiger partial charge in [-0.25, -0.2) is 4.98 Å². The molecule has 68 valence electrons. The van der Waals surface area contributed by atoms with Gasteiger partial charge in [0.2, 0.25) is 0 Å². The first-order chi connectivity index (χ1) is 6.40. The second kappa shape index (κ2) is 3.85. The lowest BCUT2D eigenvalue weighted by molar-refractivity contribution is 0.288. The number of aromatic nitrogens is 1. The Labute approximate surface area is 80.9 Å². The van der Waals surface area contributed by atoms with E-state index in [-0.39, 0.29) is 6.61 Å². The van der Waals surface area contributed by atoms with Gasteiger partial charge in [0.15, 0.2) is 0 Å². The van der Waals surface area contributed by atoms with E-state index in [2.05, 4.69) is 11.1 Å². The van der Waals surface area contributed by atoms with E-state index in [0.717, 1.165) is 23.4 Å². The van der Waals surface area contributed by atoms with Crippen LogP contribution < -0.4 is 0 Å². The van der Waals surface area contributed by atoms with Crippen LogP contribution in [0.2, 0.25) is 0 Å². The van der Waals surface area contributed by atoms with Gasteiger partial charge in [0.1, 0.15) is 0 Å². The van der Waals surface area contributed by atoms with Crippen LogP contribution in [0.3, 0.4) is 0 Å². The molecule has 0 radical (unpaired) electrons. The summed E-state index contributed by atoms with van der Waals surface area (Å²) in [4.78, 5) is 4.46. The van der Waals surface area contributed by atoms with Crippen LogP contribution in [0.15, 0.2) is 24.3 Å². The van der Waals surface area contributed by atoms with Gasteiger partial charge < -0.3 is 5.11 Å². The molecule has 0 aliphatic heterocycles. The molecule has 0 saturated carbocycles. The van der Waals surface area contributed by atoms with Crippen molar-refractivity contribution in [3.8, 4) is 0 Å². The second-order valence-electron chi connectivity index (χ2n) is 2.90. The van der Waals surface area contributed by atoms with Crippen molar-refractivity contribution >= 4 is 21.6 Å². The van der Waals surface area contributed by atoms with Gasteiger partial charge in [-0.3, -0.25) is 0 Å². The molecule has 2 aromatic rings. The van der Waals surface area contributed by atoms with Crippen LogP contribution in [0, 0.1) is 0 Å². The predicted octanol–water partition coefficient (Wildman–Crippen LogP) is 2.22. The number of aryl methyl sites for hydroxylation is 1. The minimum Gasteiger partial charge on any atom is -0.396 e. The van der Waals surface area contributed by atoms with Crippen LogP contribution in [-0.2, 0) is 6.42 Å². The van der Waals surface area contributed by atoms with Crippen molar-refractivity contribution in [2.45, 2.75) is 12.8 Å². The zero-order valence-corrected chi connectivity index (χ0v) is 8.05. The highest BCUT2D eigenvalue weighted by molar-refractivity contribution is 7.18. The summed E-state index contributed by atoms with van der Waals surface area (Å²) in [7, 11) is 0. The minimum atomic E-state index is 0.246. The molecule has 0 bridgehead atoms. The van der Waals surface area contributed by atoms with Crippen LogP contribution in [0.25, 0.3) is 10.2 Å². The summed E-state index contributed by atoms with van der Waals surface area (Å²) in [5.41, 5.74) is 1.07. The molecular weight excluding hydrogens is 182 g/mol. The zero-order valence-electron chi connectivity index (χ0n) is 7.23. The first-order valence-corrected chi connectivity index (χ1v) is 5.17. The molecule has 2 rings (SSSR count). The summed E-state index contributed by atoms with van der Waals surface area (Å²) in [6.07, 6.45) is 1.69. The number of aliphatic hydroxyl groups is 1. The molecule has 1 aromatic carbocycles. The largest absolute Gasteiger partial charge is 0.396 e. The Morgan fingerprint density at radius 2 is 2.15 bits per heavy atom. The summed E-state index contributed by atoms with van der Waals surface area (Å²) >= 11 is 1.72. The Hall–Kier alpha value is -0.930. The number of nitrogens with zero attached hydrogens (tertiary/aromatic N) is 1. The Morgan fingerprint density at radius 3 is 2.92 bits per heavy atom. The van der Waals surface area contributed by atoms with Crippen LogP contribution in [0.5, 0.6) is 0 Å². The van der Waals surface area contributed by atoms with Gasteiger partial charge in [0.05, 0.1) is 15.2 Å². The number of fused-ring (bicyclic) bond motifs is 1. The van der Waals surface area contributed by atoms with Crippen LogP contribution in [0.1, 0.15) is 11.4 Å². The molecule has 1 N–H and O–H groups in total. The van der Waals surface area contributed by atoms with Crippen molar-refractivity contribution in [3.63, 3.8) is 0 Å². The van der Waals surface area contributed by atoms with E-state index in [1.54, 1.807) is 11.3 Å². The lowest BCUT2D eigenvalue weighted by Gasteiger charge is -1.89. The lowest BCUT2D eigenvalue weighted by atomic mass is 10.3. The molecule has 0 fully saturated rings.